The molecule has 8 heteroatoms. The molecule has 0 saturated carbocycles. The Labute approximate surface area is 189 Å². The first-order valence-corrected chi connectivity index (χ1v) is 9.95. The first-order valence-electron chi connectivity index (χ1n) is 9.19. The van der Waals surface area contributed by atoms with Crippen LogP contribution in [0.4, 0.5) is 0 Å². The summed E-state index contributed by atoms with van der Waals surface area (Å²) in [6.45, 7) is 0.299. The first-order chi connectivity index (χ1) is 14.9. The van der Waals surface area contributed by atoms with Crippen molar-refractivity contribution < 1.29 is 28.8 Å². The van der Waals surface area contributed by atoms with E-state index in [-0.39, 0.29) is 40.3 Å². The van der Waals surface area contributed by atoms with Crippen LogP contribution in [0.1, 0.15) is 21.5 Å². The van der Waals surface area contributed by atoms with Crippen LogP contribution in [0.15, 0.2) is 54.6 Å². The maximum absolute atomic E-state index is 11.6. The molecule has 0 unspecified atom stereocenters. The molecule has 0 amide bonds. The van der Waals surface area contributed by atoms with Crippen LogP contribution in [0.3, 0.4) is 0 Å². The van der Waals surface area contributed by atoms with Gasteiger partial charge in [0.2, 0.25) is 0 Å². The van der Waals surface area contributed by atoms with Crippen LogP contribution in [0.2, 0.25) is 10.0 Å². The molecular formula is C23H20Cl2O6. The van der Waals surface area contributed by atoms with Gasteiger partial charge in [-0.3, -0.25) is 0 Å². The van der Waals surface area contributed by atoms with Crippen LogP contribution in [0, 0.1) is 0 Å². The smallest absolute Gasteiger partial charge is 0.337 e. The van der Waals surface area contributed by atoms with Crippen molar-refractivity contribution in [3.05, 3.63) is 81.3 Å². The quantitative estimate of drug-likeness (QED) is 0.428. The average Bonchev–Trinajstić information content (AvgIpc) is 2.79. The lowest BCUT2D eigenvalue weighted by Gasteiger charge is -2.17. The highest BCUT2D eigenvalue weighted by Crippen LogP contribution is 2.44. The highest BCUT2D eigenvalue weighted by atomic mass is 35.5. The number of benzene rings is 3. The van der Waals surface area contributed by atoms with Crippen LogP contribution in [-0.4, -0.2) is 25.3 Å². The number of carboxylic acids is 1. The van der Waals surface area contributed by atoms with Crippen LogP contribution in [0.25, 0.3) is 0 Å². The third-order valence-electron chi connectivity index (χ3n) is 4.44. The minimum Gasteiger partial charge on any atom is -0.497 e. The fourth-order valence-electron chi connectivity index (χ4n) is 2.76. The third-order valence-corrected chi connectivity index (χ3v) is 5.10. The molecule has 1 N–H and O–H groups in total. The van der Waals surface area contributed by atoms with Crippen molar-refractivity contribution in [1.82, 2.24) is 0 Å². The van der Waals surface area contributed by atoms with Gasteiger partial charge in [-0.1, -0.05) is 47.5 Å². The number of ether oxygens (including phenoxy) is 4. The van der Waals surface area contributed by atoms with Gasteiger partial charge in [0.1, 0.15) is 29.7 Å². The lowest BCUT2D eigenvalue weighted by Crippen LogP contribution is -2.06. The van der Waals surface area contributed by atoms with Crippen LogP contribution >= 0.6 is 23.2 Å². The number of hydrogen-bond donors (Lipinski definition) is 1. The standard InChI is InChI=1S/C23H20Cl2O6/c1-28-16-7-3-14(4-8-16)12-30-21-19(24)11-18(23(26)27)20(25)22(21)31-13-15-5-9-17(29-2)10-6-15/h3-11H,12-13H2,1-2H3,(H,26,27). The fraction of sp³-hybridized carbons (Fsp3) is 0.174. The molecule has 0 heterocycles. The zero-order valence-electron chi connectivity index (χ0n) is 16.9. The number of hydrogen-bond acceptors (Lipinski definition) is 5. The van der Waals surface area contributed by atoms with Crippen molar-refractivity contribution in [3.63, 3.8) is 0 Å². The van der Waals surface area contributed by atoms with Gasteiger partial charge in [-0.25, -0.2) is 4.79 Å². The Bertz CT molecular complexity index is 1050. The summed E-state index contributed by atoms with van der Waals surface area (Å²) in [5.41, 5.74) is 1.51. The number of carboxylic acid groups (broad SMARTS) is 1. The maximum Gasteiger partial charge on any atom is 0.337 e. The van der Waals surface area contributed by atoms with E-state index in [2.05, 4.69) is 0 Å². The third kappa shape index (κ3) is 5.54. The topological polar surface area (TPSA) is 74.2 Å². The van der Waals surface area contributed by atoms with Crippen molar-refractivity contribution >= 4 is 29.2 Å². The second kappa shape index (κ2) is 10.3. The zero-order chi connectivity index (χ0) is 22.4. The highest BCUT2D eigenvalue weighted by Gasteiger charge is 2.23. The minimum absolute atomic E-state index is 0.0656. The predicted octanol–water partition coefficient (Wildman–Crippen LogP) is 5.87. The Morgan fingerprint density at radius 1 is 0.806 bits per heavy atom. The van der Waals surface area contributed by atoms with Gasteiger partial charge in [0.15, 0.2) is 11.5 Å². The Morgan fingerprint density at radius 2 is 1.26 bits per heavy atom. The van der Waals surface area contributed by atoms with E-state index in [9.17, 15) is 9.90 Å². The lowest BCUT2D eigenvalue weighted by atomic mass is 10.2. The van der Waals surface area contributed by atoms with Gasteiger partial charge in [-0.2, -0.15) is 0 Å². The van der Waals surface area contributed by atoms with E-state index >= 15 is 0 Å². The number of aromatic carboxylic acids is 1. The Balaban J connectivity index is 1.86. The van der Waals surface area contributed by atoms with Crippen molar-refractivity contribution in [2.45, 2.75) is 13.2 Å². The number of halogens is 2. The monoisotopic (exact) mass is 462 g/mol. The van der Waals surface area contributed by atoms with Gasteiger partial charge in [0, 0.05) is 0 Å². The van der Waals surface area contributed by atoms with Gasteiger partial charge in [0.05, 0.1) is 24.8 Å². The summed E-state index contributed by atoms with van der Waals surface area (Å²) in [6.07, 6.45) is 0. The number of carbonyl (C=O) groups is 1. The molecule has 162 valence electrons. The fourth-order valence-corrected chi connectivity index (χ4v) is 3.28. The molecule has 3 rings (SSSR count). The number of methoxy groups -OCH3 is 2. The molecule has 6 nitrogen and oxygen atoms in total. The van der Waals surface area contributed by atoms with Gasteiger partial charge >= 0.3 is 5.97 Å². The molecule has 31 heavy (non-hydrogen) atoms. The van der Waals surface area contributed by atoms with Crippen LogP contribution < -0.4 is 18.9 Å². The minimum atomic E-state index is -1.22. The molecule has 0 radical (unpaired) electrons. The molecule has 0 aliphatic carbocycles. The van der Waals surface area contributed by atoms with Crippen molar-refractivity contribution in [2.75, 3.05) is 14.2 Å². The molecule has 0 aliphatic heterocycles. The molecule has 0 aliphatic rings. The van der Waals surface area contributed by atoms with E-state index in [1.807, 2.05) is 36.4 Å². The van der Waals surface area contributed by atoms with E-state index in [1.54, 1.807) is 26.4 Å². The molecule has 0 saturated heterocycles. The molecule has 0 spiro atoms. The highest BCUT2D eigenvalue weighted by molar-refractivity contribution is 6.38. The number of rotatable bonds is 9. The van der Waals surface area contributed by atoms with E-state index < -0.39 is 5.97 Å². The second-order valence-electron chi connectivity index (χ2n) is 6.46. The van der Waals surface area contributed by atoms with Gasteiger partial charge in [0.25, 0.3) is 0 Å². The second-order valence-corrected chi connectivity index (χ2v) is 7.24. The molecule has 3 aromatic carbocycles. The van der Waals surface area contributed by atoms with Crippen molar-refractivity contribution in [1.29, 1.82) is 0 Å². The summed E-state index contributed by atoms with van der Waals surface area (Å²) in [4.78, 5) is 11.6. The van der Waals surface area contributed by atoms with E-state index in [0.29, 0.717) is 5.75 Å². The summed E-state index contributed by atoms with van der Waals surface area (Å²) < 4.78 is 22.0. The maximum atomic E-state index is 11.6. The lowest BCUT2D eigenvalue weighted by molar-refractivity contribution is 0.0696. The van der Waals surface area contributed by atoms with Crippen molar-refractivity contribution in [3.8, 4) is 23.0 Å². The molecule has 0 atom stereocenters. The Hall–Kier alpha value is -3.09. The van der Waals surface area contributed by atoms with Gasteiger partial charge in [-0.05, 0) is 41.5 Å². The molecule has 3 aromatic rings. The zero-order valence-corrected chi connectivity index (χ0v) is 18.4. The summed E-state index contributed by atoms with van der Waals surface area (Å²) in [6, 6.07) is 15.8. The predicted molar refractivity (Wildman–Crippen MR) is 118 cm³/mol. The molecule has 0 aromatic heterocycles. The molecule has 0 bridgehead atoms. The largest absolute Gasteiger partial charge is 0.497 e. The summed E-state index contributed by atoms with van der Waals surface area (Å²) in [5.74, 6) is 0.445. The normalized spacial score (nSPS) is 10.5. The summed E-state index contributed by atoms with van der Waals surface area (Å²) >= 11 is 12.7. The van der Waals surface area contributed by atoms with Gasteiger partial charge in [-0.15, -0.1) is 0 Å². The summed E-state index contributed by atoms with van der Waals surface area (Å²) in [5, 5.41) is 9.44. The average molecular weight is 463 g/mol. The Morgan fingerprint density at radius 3 is 1.68 bits per heavy atom. The van der Waals surface area contributed by atoms with E-state index in [0.717, 1.165) is 16.9 Å². The molecular weight excluding hydrogens is 443 g/mol. The molecule has 0 fully saturated rings. The first kappa shape index (κ1) is 22.6. The van der Waals surface area contributed by atoms with Crippen molar-refractivity contribution in [2.24, 2.45) is 0 Å². The van der Waals surface area contributed by atoms with E-state index in [4.69, 9.17) is 42.1 Å². The van der Waals surface area contributed by atoms with Gasteiger partial charge < -0.3 is 24.1 Å². The van der Waals surface area contributed by atoms with Crippen LogP contribution in [-0.2, 0) is 13.2 Å². The van der Waals surface area contributed by atoms with Crippen LogP contribution in [0.5, 0.6) is 23.0 Å². The SMILES string of the molecule is COc1ccc(COc2c(Cl)cc(C(=O)O)c(Cl)c2OCc2ccc(OC)cc2)cc1. The summed E-state index contributed by atoms with van der Waals surface area (Å²) in [7, 11) is 3.17. The van der Waals surface area contributed by atoms with E-state index in [1.165, 1.54) is 6.07 Å². The Kier molecular flexibility index (Phi) is 7.50.